The van der Waals surface area contributed by atoms with Crippen molar-refractivity contribution < 1.29 is 28.2 Å². The minimum absolute atomic E-state index is 0.140. The van der Waals surface area contributed by atoms with Crippen molar-refractivity contribution in [2.24, 2.45) is 11.0 Å². The summed E-state index contributed by atoms with van der Waals surface area (Å²) in [6, 6.07) is 11.3. The van der Waals surface area contributed by atoms with Gasteiger partial charge in [0, 0.05) is 0 Å². The highest BCUT2D eigenvalue weighted by Crippen LogP contribution is 2.14. The van der Waals surface area contributed by atoms with Gasteiger partial charge in [0.15, 0.2) is 6.10 Å². The van der Waals surface area contributed by atoms with Crippen LogP contribution in [0.5, 0.6) is 5.75 Å². The number of ether oxygens (including phenoxy) is 2. The van der Waals surface area contributed by atoms with Crippen LogP contribution in [0.4, 0.5) is 4.39 Å². The number of esters is 1. The molecule has 9 heteroatoms. The lowest BCUT2D eigenvalue weighted by molar-refractivity contribution is -0.150. The Bertz CT molecular complexity index is 992. The Kier molecular flexibility index (Phi) is 9.53. The van der Waals surface area contributed by atoms with Crippen LogP contribution in [0.25, 0.3) is 0 Å². The van der Waals surface area contributed by atoms with E-state index in [0.29, 0.717) is 11.3 Å². The first-order valence-corrected chi connectivity index (χ1v) is 10.5. The number of nitrogens with zero attached hydrogens (tertiary/aromatic N) is 1. The van der Waals surface area contributed by atoms with Crippen molar-refractivity contribution in [3.63, 3.8) is 0 Å². The smallest absolute Gasteiger partial charge is 0.347 e. The summed E-state index contributed by atoms with van der Waals surface area (Å²) in [6.45, 7) is 7.10. The van der Waals surface area contributed by atoms with E-state index in [2.05, 4.69) is 15.8 Å². The molecule has 0 aromatic heterocycles. The summed E-state index contributed by atoms with van der Waals surface area (Å²) < 4.78 is 24.2. The summed E-state index contributed by atoms with van der Waals surface area (Å²) in [6.07, 6.45) is 0.684. The zero-order valence-electron chi connectivity index (χ0n) is 19.0. The van der Waals surface area contributed by atoms with E-state index in [-0.39, 0.29) is 18.1 Å². The summed E-state index contributed by atoms with van der Waals surface area (Å²) in [7, 11) is 0. The minimum Gasteiger partial charge on any atom is -0.479 e. The second-order valence-electron chi connectivity index (χ2n) is 7.49. The standard InChI is InChI=1S/C24H28FN3O5/c1-5-32-24(31)16(4)33-18-12-10-17(11-13-18)14-26-28-23(30)21(15(2)3)27-22(29)19-8-6-7-9-20(19)25/h6-16,21H,5H2,1-4H3,(H,27,29)(H,28,30). The number of rotatable bonds is 10. The average molecular weight is 458 g/mol. The molecule has 0 fully saturated rings. The van der Waals surface area contributed by atoms with E-state index >= 15 is 0 Å². The Balaban J connectivity index is 1.94. The first-order valence-electron chi connectivity index (χ1n) is 10.5. The maximum atomic E-state index is 13.8. The van der Waals surface area contributed by atoms with Gasteiger partial charge in [-0.05, 0) is 61.7 Å². The predicted molar refractivity (Wildman–Crippen MR) is 121 cm³/mol. The van der Waals surface area contributed by atoms with Gasteiger partial charge < -0.3 is 14.8 Å². The van der Waals surface area contributed by atoms with Gasteiger partial charge in [0.25, 0.3) is 11.8 Å². The molecular weight excluding hydrogens is 429 g/mol. The number of carbonyl (C=O) groups excluding carboxylic acids is 3. The van der Waals surface area contributed by atoms with Crippen molar-refractivity contribution in [1.29, 1.82) is 0 Å². The van der Waals surface area contributed by atoms with E-state index in [1.165, 1.54) is 24.4 Å². The van der Waals surface area contributed by atoms with Crippen LogP contribution >= 0.6 is 0 Å². The van der Waals surface area contributed by atoms with Gasteiger partial charge in [0.1, 0.15) is 17.6 Å². The Morgan fingerprint density at radius 3 is 2.33 bits per heavy atom. The molecule has 2 unspecified atom stereocenters. The quantitative estimate of drug-likeness (QED) is 0.324. The molecule has 2 N–H and O–H groups in total. The third-order valence-corrected chi connectivity index (χ3v) is 4.55. The van der Waals surface area contributed by atoms with Crippen molar-refractivity contribution in [1.82, 2.24) is 10.7 Å². The van der Waals surface area contributed by atoms with Crippen molar-refractivity contribution in [2.75, 3.05) is 6.61 Å². The average Bonchev–Trinajstić information content (AvgIpc) is 2.78. The van der Waals surface area contributed by atoms with Gasteiger partial charge in [-0.15, -0.1) is 0 Å². The normalized spacial score (nSPS) is 12.8. The first kappa shape index (κ1) is 25.5. The third-order valence-electron chi connectivity index (χ3n) is 4.55. The van der Waals surface area contributed by atoms with Gasteiger partial charge in [-0.1, -0.05) is 26.0 Å². The summed E-state index contributed by atoms with van der Waals surface area (Å²) in [5, 5.41) is 6.47. The van der Waals surface area contributed by atoms with E-state index in [4.69, 9.17) is 9.47 Å². The lowest BCUT2D eigenvalue weighted by Gasteiger charge is -2.20. The van der Waals surface area contributed by atoms with Crippen LogP contribution in [-0.2, 0) is 14.3 Å². The number of amides is 2. The molecule has 0 aliphatic heterocycles. The SMILES string of the molecule is CCOC(=O)C(C)Oc1ccc(C=NNC(=O)C(NC(=O)c2ccccc2F)C(C)C)cc1. The van der Waals surface area contributed by atoms with Crippen LogP contribution in [0.1, 0.15) is 43.6 Å². The fourth-order valence-corrected chi connectivity index (χ4v) is 2.78. The first-order chi connectivity index (χ1) is 15.7. The maximum absolute atomic E-state index is 13.8. The fraction of sp³-hybridized carbons (Fsp3) is 0.333. The molecule has 2 amide bonds. The molecule has 2 atom stereocenters. The third kappa shape index (κ3) is 7.71. The molecule has 2 aromatic rings. The second kappa shape index (κ2) is 12.3. The Labute approximate surface area is 192 Å². The number of hydrazone groups is 1. The zero-order valence-corrected chi connectivity index (χ0v) is 19.0. The molecule has 8 nitrogen and oxygen atoms in total. The van der Waals surface area contributed by atoms with Crippen molar-refractivity contribution in [2.45, 2.75) is 39.8 Å². The highest BCUT2D eigenvalue weighted by atomic mass is 19.1. The number of benzene rings is 2. The Morgan fingerprint density at radius 2 is 1.73 bits per heavy atom. The van der Waals surface area contributed by atoms with Crippen LogP contribution in [0, 0.1) is 11.7 Å². The van der Waals surface area contributed by atoms with E-state index in [9.17, 15) is 18.8 Å². The van der Waals surface area contributed by atoms with Gasteiger partial charge in [-0.25, -0.2) is 14.6 Å². The molecule has 0 aliphatic carbocycles. The van der Waals surface area contributed by atoms with Gasteiger partial charge in [-0.2, -0.15) is 5.10 Å². The summed E-state index contributed by atoms with van der Waals surface area (Å²) >= 11 is 0. The maximum Gasteiger partial charge on any atom is 0.347 e. The molecule has 33 heavy (non-hydrogen) atoms. The Hall–Kier alpha value is -3.75. The van der Waals surface area contributed by atoms with Crippen molar-refractivity contribution >= 4 is 24.0 Å². The second-order valence-corrected chi connectivity index (χ2v) is 7.49. The molecule has 0 heterocycles. The van der Waals surface area contributed by atoms with Crippen molar-refractivity contribution in [3.05, 3.63) is 65.5 Å². The number of carbonyl (C=O) groups is 3. The van der Waals surface area contributed by atoms with Gasteiger partial charge >= 0.3 is 5.97 Å². The van der Waals surface area contributed by atoms with Crippen LogP contribution in [0.15, 0.2) is 53.6 Å². The Morgan fingerprint density at radius 1 is 1.06 bits per heavy atom. The number of hydrogen-bond acceptors (Lipinski definition) is 6. The molecule has 2 rings (SSSR count). The van der Waals surface area contributed by atoms with Gasteiger partial charge in [0.2, 0.25) is 0 Å². The van der Waals surface area contributed by atoms with Crippen molar-refractivity contribution in [3.8, 4) is 5.75 Å². The van der Waals surface area contributed by atoms with E-state index in [1.54, 1.807) is 58.0 Å². The number of hydrogen-bond donors (Lipinski definition) is 2. The van der Waals surface area contributed by atoms with E-state index in [1.807, 2.05) is 0 Å². The molecule has 2 aromatic carbocycles. The topological polar surface area (TPSA) is 106 Å². The predicted octanol–water partition coefficient (Wildman–Crippen LogP) is 3.06. The monoisotopic (exact) mass is 457 g/mol. The fourth-order valence-electron chi connectivity index (χ4n) is 2.78. The zero-order chi connectivity index (χ0) is 24.4. The highest BCUT2D eigenvalue weighted by molar-refractivity contribution is 5.98. The molecule has 0 aliphatic rings. The summed E-state index contributed by atoms with van der Waals surface area (Å²) in [5.41, 5.74) is 2.92. The summed E-state index contributed by atoms with van der Waals surface area (Å²) in [4.78, 5) is 36.5. The summed E-state index contributed by atoms with van der Waals surface area (Å²) in [5.74, 6) is -2.11. The molecule has 0 saturated heterocycles. The van der Waals surface area contributed by atoms with Crippen LogP contribution in [-0.4, -0.2) is 42.8 Å². The van der Waals surface area contributed by atoms with Crippen LogP contribution in [0.2, 0.25) is 0 Å². The van der Waals surface area contributed by atoms with Gasteiger partial charge in [-0.3, -0.25) is 9.59 Å². The minimum atomic E-state index is -0.908. The molecule has 0 radical (unpaired) electrons. The molecule has 0 bridgehead atoms. The lowest BCUT2D eigenvalue weighted by Crippen LogP contribution is -2.48. The van der Waals surface area contributed by atoms with Crippen LogP contribution < -0.4 is 15.5 Å². The largest absolute Gasteiger partial charge is 0.479 e. The molecule has 0 saturated carbocycles. The van der Waals surface area contributed by atoms with Crippen LogP contribution in [0.3, 0.4) is 0 Å². The van der Waals surface area contributed by atoms with Gasteiger partial charge in [0.05, 0.1) is 18.4 Å². The molecular formula is C24H28FN3O5. The molecule has 176 valence electrons. The highest BCUT2D eigenvalue weighted by Gasteiger charge is 2.25. The van der Waals surface area contributed by atoms with E-state index in [0.717, 1.165) is 0 Å². The van der Waals surface area contributed by atoms with E-state index < -0.39 is 35.7 Å². The lowest BCUT2D eigenvalue weighted by atomic mass is 10.0. The number of nitrogens with one attached hydrogen (secondary N) is 2. The number of halogens is 1. The molecule has 0 spiro atoms.